The van der Waals surface area contributed by atoms with Gasteiger partial charge in [0.05, 0.1) is 12.8 Å². The molecule has 0 spiro atoms. The predicted octanol–water partition coefficient (Wildman–Crippen LogP) is 2.83. The number of hydrogen-bond acceptors (Lipinski definition) is 3. The van der Waals surface area contributed by atoms with Crippen LogP contribution in [0.25, 0.3) is 0 Å². The smallest absolute Gasteiger partial charge is 0.140 e. The van der Waals surface area contributed by atoms with Gasteiger partial charge in [0.1, 0.15) is 5.75 Å². The van der Waals surface area contributed by atoms with E-state index in [0.29, 0.717) is 11.8 Å². The second kappa shape index (κ2) is 7.28. The van der Waals surface area contributed by atoms with E-state index in [9.17, 15) is 0 Å². The molecule has 0 saturated carbocycles. The largest absolute Gasteiger partial charge is 0.495 e. The van der Waals surface area contributed by atoms with E-state index < -0.39 is 0 Å². The topological polar surface area (TPSA) is 34.1 Å². The fraction of sp³-hybridized carbons (Fsp3) is 0.643. The summed E-state index contributed by atoms with van der Waals surface area (Å²) in [7, 11) is 1.70. The van der Waals surface area contributed by atoms with Crippen LogP contribution in [0.3, 0.4) is 0 Å². The molecule has 0 aliphatic rings. The van der Waals surface area contributed by atoms with E-state index in [-0.39, 0.29) is 0 Å². The Bertz CT molecular complexity index is 326. The molecule has 0 radical (unpaired) electrons. The first-order valence-electron chi connectivity index (χ1n) is 6.34. The van der Waals surface area contributed by atoms with Crippen LogP contribution in [0, 0.1) is 5.92 Å². The third kappa shape index (κ3) is 4.73. The molecule has 1 aromatic heterocycles. The Morgan fingerprint density at radius 1 is 1.35 bits per heavy atom. The molecule has 1 atom stereocenters. The number of nitrogens with one attached hydrogen (secondary N) is 1. The normalized spacial score (nSPS) is 12.8. The summed E-state index contributed by atoms with van der Waals surface area (Å²) in [5.41, 5.74) is 1.06. The van der Waals surface area contributed by atoms with Crippen LogP contribution in [0.2, 0.25) is 0 Å². The van der Waals surface area contributed by atoms with E-state index in [1.54, 1.807) is 7.11 Å². The Kier molecular flexibility index (Phi) is 5.98. The zero-order chi connectivity index (χ0) is 12.7. The molecule has 0 amide bonds. The van der Waals surface area contributed by atoms with Crippen molar-refractivity contribution in [1.29, 1.82) is 0 Å². The summed E-state index contributed by atoms with van der Waals surface area (Å²) in [6.07, 6.45) is 2.91. The molecule has 0 aliphatic carbocycles. The van der Waals surface area contributed by atoms with Crippen molar-refractivity contribution < 1.29 is 4.74 Å². The lowest BCUT2D eigenvalue weighted by atomic mass is 10.0. The van der Waals surface area contributed by atoms with Crippen LogP contribution >= 0.6 is 0 Å². The van der Waals surface area contributed by atoms with Gasteiger partial charge in [0.2, 0.25) is 0 Å². The second-order valence-electron chi connectivity index (χ2n) is 4.88. The van der Waals surface area contributed by atoms with Gasteiger partial charge >= 0.3 is 0 Å². The van der Waals surface area contributed by atoms with Crippen molar-refractivity contribution in [2.45, 2.75) is 33.1 Å². The maximum absolute atomic E-state index is 5.33. The molecule has 1 N–H and O–H groups in total. The van der Waals surface area contributed by atoms with Crippen LogP contribution in [-0.4, -0.2) is 25.2 Å². The summed E-state index contributed by atoms with van der Waals surface area (Å²) < 4.78 is 5.33. The molecule has 3 heteroatoms. The third-order valence-corrected chi connectivity index (χ3v) is 2.79. The van der Waals surface area contributed by atoms with Gasteiger partial charge in [-0.1, -0.05) is 20.8 Å². The number of ether oxygens (including phenoxy) is 1. The molecule has 0 aliphatic heterocycles. The first-order chi connectivity index (χ1) is 8.15. The minimum absolute atomic E-state index is 0.422. The molecule has 1 aromatic rings. The van der Waals surface area contributed by atoms with Crippen LogP contribution in [0.4, 0.5) is 0 Å². The molecule has 0 saturated heterocycles. The highest BCUT2D eigenvalue weighted by Gasteiger charge is 2.11. The molecule has 0 fully saturated rings. The predicted molar refractivity (Wildman–Crippen MR) is 71.5 cm³/mol. The van der Waals surface area contributed by atoms with Gasteiger partial charge in [-0.05, 0) is 37.6 Å². The fourth-order valence-corrected chi connectivity index (χ4v) is 1.79. The lowest BCUT2D eigenvalue weighted by Crippen LogP contribution is -2.22. The van der Waals surface area contributed by atoms with E-state index in [2.05, 4.69) is 31.1 Å². The van der Waals surface area contributed by atoms with Crippen molar-refractivity contribution in [2.75, 3.05) is 20.2 Å². The zero-order valence-electron chi connectivity index (χ0n) is 11.4. The number of aromatic nitrogens is 1. The number of rotatable bonds is 7. The van der Waals surface area contributed by atoms with Crippen molar-refractivity contribution in [3.05, 3.63) is 24.0 Å². The van der Waals surface area contributed by atoms with Crippen LogP contribution < -0.4 is 10.1 Å². The van der Waals surface area contributed by atoms with Gasteiger partial charge in [-0.25, -0.2) is 0 Å². The summed E-state index contributed by atoms with van der Waals surface area (Å²) >= 11 is 0. The average molecular weight is 236 g/mol. The highest BCUT2D eigenvalue weighted by molar-refractivity contribution is 5.29. The molecule has 0 bridgehead atoms. The van der Waals surface area contributed by atoms with Gasteiger partial charge in [-0.3, -0.25) is 4.98 Å². The van der Waals surface area contributed by atoms with E-state index in [1.165, 1.54) is 0 Å². The Balaban J connectivity index is 2.43. The van der Waals surface area contributed by atoms with Crippen molar-refractivity contribution in [3.8, 4) is 5.75 Å². The fourth-order valence-electron chi connectivity index (χ4n) is 1.79. The monoisotopic (exact) mass is 236 g/mol. The molecule has 1 rings (SSSR count). The summed E-state index contributed by atoms with van der Waals surface area (Å²) in [4.78, 5) is 4.41. The van der Waals surface area contributed by atoms with Crippen LogP contribution in [0.1, 0.15) is 38.8 Å². The van der Waals surface area contributed by atoms with Crippen LogP contribution in [0.5, 0.6) is 5.75 Å². The van der Waals surface area contributed by atoms with E-state index in [0.717, 1.165) is 31.0 Å². The maximum atomic E-state index is 5.33. The molecule has 0 aromatic carbocycles. The lowest BCUT2D eigenvalue weighted by Gasteiger charge is -2.15. The lowest BCUT2D eigenvalue weighted by molar-refractivity contribution is 0.400. The van der Waals surface area contributed by atoms with Gasteiger partial charge < -0.3 is 10.1 Å². The van der Waals surface area contributed by atoms with Crippen molar-refractivity contribution >= 4 is 0 Å². The van der Waals surface area contributed by atoms with Gasteiger partial charge in [0.15, 0.2) is 0 Å². The number of nitrogens with zero attached hydrogens (tertiary/aromatic N) is 1. The molecule has 96 valence electrons. The minimum atomic E-state index is 0.422. The Morgan fingerprint density at radius 3 is 2.76 bits per heavy atom. The van der Waals surface area contributed by atoms with E-state index in [1.807, 2.05) is 18.3 Å². The first-order valence-corrected chi connectivity index (χ1v) is 6.34. The molecular formula is C14H24N2O. The summed E-state index contributed by atoms with van der Waals surface area (Å²) in [6.45, 7) is 8.74. The van der Waals surface area contributed by atoms with Gasteiger partial charge in [-0.2, -0.15) is 0 Å². The average Bonchev–Trinajstić information content (AvgIpc) is 2.34. The Labute approximate surface area is 105 Å². The van der Waals surface area contributed by atoms with Crippen molar-refractivity contribution in [3.63, 3.8) is 0 Å². The number of pyridine rings is 1. The first kappa shape index (κ1) is 14.0. The number of methoxy groups -OCH3 is 1. The number of hydrogen-bond donors (Lipinski definition) is 1. The summed E-state index contributed by atoms with van der Waals surface area (Å²) in [5, 5.41) is 3.45. The maximum Gasteiger partial charge on any atom is 0.140 e. The molecule has 1 heterocycles. The highest BCUT2D eigenvalue weighted by atomic mass is 16.5. The van der Waals surface area contributed by atoms with Crippen molar-refractivity contribution in [2.24, 2.45) is 5.92 Å². The third-order valence-electron chi connectivity index (χ3n) is 2.79. The summed E-state index contributed by atoms with van der Waals surface area (Å²) in [6, 6.07) is 3.88. The van der Waals surface area contributed by atoms with Gasteiger partial charge in [0, 0.05) is 12.1 Å². The quantitative estimate of drug-likeness (QED) is 0.739. The van der Waals surface area contributed by atoms with Gasteiger partial charge in [0.25, 0.3) is 0 Å². The zero-order valence-corrected chi connectivity index (χ0v) is 11.4. The SMILES string of the molecule is COc1cccnc1C(C)CCNCC(C)C. The minimum Gasteiger partial charge on any atom is -0.495 e. The molecule has 3 nitrogen and oxygen atoms in total. The molecular weight excluding hydrogens is 212 g/mol. The van der Waals surface area contributed by atoms with Crippen LogP contribution in [0.15, 0.2) is 18.3 Å². The van der Waals surface area contributed by atoms with Crippen LogP contribution in [-0.2, 0) is 0 Å². The Hall–Kier alpha value is -1.09. The van der Waals surface area contributed by atoms with Gasteiger partial charge in [-0.15, -0.1) is 0 Å². The molecule has 1 unspecified atom stereocenters. The van der Waals surface area contributed by atoms with Crippen molar-refractivity contribution in [1.82, 2.24) is 10.3 Å². The second-order valence-corrected chi connectivity index (χ2v) is 4.88. The molecule has 17 heavy (non-hydrogen) atoms. The van der Waals surface area contributed by atoms with E-state index >= 15 is 0 Å². The highest BCUT2D eigenvalue weighted by Crippen LogP contribution is 2.25. The standard InChI is InChI=1S/C14H24N2O/c1-11(2)10-15-9-7-12(3)14-13(17-4)6-5-8-16-14/h5-6,8,11-12,15H,7,9-10H2,1-4H3. The Morgan fingerprint density at radius 2 is 2.12 bits per heavy atom. The van der Waals surface area contributed by atoms with E-state index in [4.69, 9.17) is 4.74 Å². The summed E-state index contributed by atoms with van der Waals surface area (Å²) in [5.74, 6) is 2.02.